The first kappa shape index (κ1) is 39.5. The molecule has 6 atom stereocenters. The number of ether oxygens (including phenoxy) is 3. The number of methoxy groups -OCH3 is 1. The van der Waals surface area contributed by atoms with Crippen molar-refractivity contribution >= 4 is 38.5 Å². The number of nitrogens with zero attached hydrogens (tertiary/aromatic N) is 3. The van der Waals surface area contributed by atoms with Crippen molar-refractivity contribution in [3.63, 3.8) is 0 Å². The lowest BCUT2D eigenvalue weighted by atomic mass is 9.91. The van der Waals surface area contributed by atoms with Crippen LogP contribution >= 0.6 is 0 Å². The van der Waals surface area contributed by atoms with E-state index in [0.29, 0.717) is 52.9 Å². The van der Waals surface area contributed by atoms with E-state index in [1.54, 1.807) is 25.1 Å². The predicted octanol–water partition coefficient (Wildman–Crippen LogP) is 5.72. The molecular weight excluding hydrogens is 735 g/mol. The number of hydrogen-bond donors (Lipinski definition) is 2. The van der Waals surface area contributed by atoms with Crippen LogP contribution in [-0.2, 0) is 24.4 Å². The van der Waals surface area contributed by atoms with Crippen LogP contribution in [0, 0.1) is 17.8 Å². The number of sulfonamides is 1. The fourth-order valence-corrected chi connectivity index (χ4v) is 9.31. The van der Waals surface area contributed by atoms with Crippen molar-refractivity contribution in [1.82, 2.24) is 24.9 Å². The zero-order chi connectivity index (χ0) is 40.0. The topological polar surface area (TPSA) is 166 Å². The molecule has 2 N–H and O–H groups in total. The number of carbonyl (C=O) groups is 3. The number of fused-ring (bicyclic) bond motifs is 3. The van der Waals surface area contributed by atoms with Gasteiger partial charge in [0.2, 0.25) is 27.7 Å². The van der Waals surface area contributed by atoms with Gasteiger partial charge in [0.15, 0.2) is 0 Å². The first-order valence-corrected chi connectivity index (χ1v) is 21.2. The van der Waals surface area contributed by atoms with Gasteiger partial charge in [0, 0.05) is 24.1 Å². The third-order valence-corrected chi connectivity index (χ3v) is 13.8. The highest BCUT2D eigenvalue weighted by Gasteiger charge is 2.63. The van der Waals surface area contributed by atoms with E-state index in [0.717, 1.165) is 24.6 Å². The molecule has 2 aliphatic heterocycles. The molecule has 3 aromatic rings. The Morgan fingerprint density at radius 2 is 1.80 bits per heavy atom. The number of pyridine rings is 2. The third-order valence-electron chi connectivity index (χ3n) is 11.7. The van der Waals surface area contributed by atoms with Crippen molar-refractivity contribution in [2.24, 2.45) is 17.8 Å². The van der Waals surface area contributed by atoms with Crippen LogP contribution in [0.25, 0.3) is 22.2 Å². The standard InChI is InChI=1S/C42H53N5O8S/c1-25(2)54-31-12-14-34(43-23-31)35-20-28-19-30(53-6)11-13-33(28)39(44-35)55-32-21-36-38(49)45-42(40(50)46-56(51,52)41(5)15-16-41)22-29(42)10-8-7-9-26(3)17-27(4)18-37(48)47(36)24-32/h8,10-14,19-20,23,25-27,29,32,36H,7,9,15-18,21-22,24H2,1-6H3,(H,45,49)(H,46,50)/b10-8-/t26-,27-,29-,32-,36+,42-/m1/s1. The molecule has 1 aromatic carbocycles. The average molecular weight is 788 g/mol. The summed E-state index contributed by atoms with van der Waals surface area (Å²) in [7, 11) is -2.36. The summed E-state index contributed by atoms with van der Waals surface area (Å²) in [5.74, 6) is 0.199. The minimum atomic E-state index is -3.95. The van der Waals surface area contributed by atoms with Crippen molar-refractivity contribution < 1.29 is 37.0 Å². The van der Waals surface area contributed by atoms with E-state index in [-0.39, 0.29) is 49.7 Å². The summed E-state index contributed by atoms with van der Waals surface area (Å²) in [4.78, 5) is 53.4. The number of amides is 3. The molecule has 13 nitrogen and oxygen atoms in total. The van der Waals surface area contributed by atoms with Gasteiger partial charge in [0.05, 0.1) is 42.1 Å². The second-order valence-electron chi connectivity index (χ2n) is 16.8. The van der Waals surface area contributed by atoms with Gasteiger partial charge in [-0.1, -0.05) is 26.0 Å². The maximum atomic E-state index is 14.4. The van der Waals surface area contributed by atoms with Crippen LogP contribution < -0.4 is 24.2 Å². The van der Waals surface area contributed by atoms with Crippen LogP contribution in [0.2, 0.25) is 0 Å². The van der Waals surface area contributed by atoms with Gasteiger partial charge in [0.25, 0.3) is 5.91 Å². The van der Waals surface area contributed by atoms with Crippen LogP contribution in [0.1, 0.15) is 86.0 Å². The summed E-state index contributed by atoms with van der Waals surface area (Å²) in [6.45, 7) is 9.85. The van der Waals surface area contributed by atoms with Crippen molar-refractivity contribution in [2.45, 2.75) is 115 Å². The Kier molecular flexibility index (Phi) is 10.8. The van der Waals surface area contributed by atoms with E-state index in [9.17, 15) is 22.8 Å². The quantitative estimate of drug-likeness (QED) is 0.257. The molecule has 3 amide bonds. The van der Waals surface area contributed by atoms with E-state index in [4.69, 9.17) is 19.2 Å². The van der Waals surface area contributed by atoms with Crippen LogP contribution in [0.3, 0.4) is 0 Å². The zero-order valence-corrected chi connectivity index (χ0v) is 33.9. The van der Waals surface area contributed by atoms with Gasteiger partial charge < -0.3 is 24.4 Å². The van der Waals surface area contributed by atoms with Gasteiger partial charge in [-0.2, -0.15) is 0 Å². The minimum absolute atomic E-state index is 0.00688. The molecule has 0 radical (unpaired) electrons. The number of hydrogen-bond acceptors (Lipinski definition) is 10. The summed E-state index contributed by atoms with van der Waals surface area (Å²) in [5.41, 5.74) is -0.300. The van der Waals surface area contributed by atoms with Gasteiger partial charge in [0.1, 0.15) is 29.2 Å². The SMILES string of the molecule is COc1ccc2c(O[C@@H]3C[C@H]4C(=O)N[C@]5(C(=O)NS(=O)(=O)C6(C)CC6)C[C@H]5/C=C\CC[C@@H](C)C[C@@H](C)CC(=O)N4C3)nc(-c3ccc(OC(C)C)cn3)cc2c1. The van der Waals surface area contributed by atoms with Crippen molar-refractivity contribution in [3.05, 3.63) is 54.7 Å². The lowest BCUT2D eigenvalue weighted by molar-refractivity contribution is -0.140. The molecule has 4 aliphatic rings. The van der Waals surface area contributed by atoms with E-state index in [2.05, 4.69) is 28.9 Å². The highest BCUT2D eigenvalue weighted by Crippen LogP contribution is 2.47. The summed E-state index contributed by atoms with van der Waals surface area (Å²) < 4.78 is 45.6. The van der Waals surface area contributed by atoms with Crippen molar-refractivity contribution in [1.29, 1.82) is 0 Å². The van der Waals surface area contributed by atoms with Gasteiger partial charge >= 0.3 is 0 Å². The molecule has 7 rings (SSSR count). The monoisotopic (exact) mass is 787 g/mol. The maximum Gasteiger partial charge on any atom is 0.259 e. The van der Waals surface area contributed by atoms with Gasteiger partial charge in [-0.15, -0.1) is 0 Å². The number of carbonyl (C=O) groups excluding carboxylic acids is 3. The second-order valence-corrected chi connectivity index (χ2v) is 19.0. The van der Waals surface area contributed by atoms with E-state index < -0.39 is 44.3 Å². The first-order valence-electron chi connectivity index (χ1n) is 19.7. The minimum Gasteiger partial charge on any atom is -0.497 e. The Morgan fingerprint density at radius 1 is 1.04 bits per heavy atom. The molecule has 1 saturated heterocycles. The zero-order valence-electron chi connectivity index (χ0n) is 33.0. The molecule has 0 spiro atoms. The van der Waals surface area contributed by atoms with E-state index in [1.165, 1.54) is 0 Å². The number of rotatable bonds is 9. The Labute approximate surface area is 329 Å². The summed E-state index contributed by atoms with van der Waals surface area (Å²) in [6, 6.07) is 10.2. The van der Waals surface area contributed by atoms with E-state index >= 15 is 0 Å². The summed E-state index contributed by atoms with van der Waals surface area (Å²) >= 11 is 0. The van der Waals surface area contributed by atoms with Crippen LogP contribution in [-0.4, -0.2) is 83.2 Å². The predicted molar refractivity (Wildman–Crippen MR) is 211 cm³/mol. The Balaban J connectivity index is 1.19. The number of benzene rings is 1. The second kappa shape index (κ2) is 15.3. The molecule has 14 heteroatoms. The smallest absolute Gasteiger partial charge is 0.259 e. The first-order chi connectivity index (χ1) is 26.6. The Morgan fingerprint density at radius 3 is 2.50 bits per heavy atom. The molecule has 2 saturated carbocycles. The normalized spacial score (nSPS) is 28.3. The summed E-state index contributed by atoms with van der Waals surface area (Å²) in [5, 5.41) is 4.47. The summed E-state index contributed by atoms with van der Waals surface area (Å²) in [6.07, 6.45) is 9.06. The molecule has 2 aromatic heterocycles. The Bertz CT molecular complexity index is 2140. The third kappa shape index (κ3) is 8.21. The van der Waals surface area contributed by atoms with Crippen molar-refractivity contribution in [3.8, 4) is 28.8 Å². The lowest BCUT2D eigenvalue weighted by Gasteiger charge is -2.28. The number of nitrogens with one attached hydrogen (secondary N) is 2. The molecule has 3 fully saturated rings. The fraction of sp³-hybridized carbons (Fsp3) is 0.548. The molecule has 4 heterocycles. The average Bonchev–Trinajstić information content (AvgIpc) is 4.02. The highest BCUT2D eigenvalue weighted by atomic mass is 32.2. The maximum absolute atomic E-state index is 14.4. The van der Waals surface area contributed by atoms with Crippen LogP contribution in [0.15, 0.2) is 54.7 Å². The highest BCUT2D eigenvalue weighted by molar-refractivity contribution is 7.91. The fourth-order valence-electron chi connectivity index (χ4n) is 8.00. The van der Waals surface area contributed by atoms with Crippen molar-refractivity contribution in [2.75, 3.05) is 13.7 Å². The molecule has 56 heavy (non-hydrogen) atoms. The van der Waals surface area contributed by atoms with Gasteiger partial charge in [-0.25, -0.2) is 13.4 Å². The van der Waals surface area contributed by atoms with Gasteiger partial charge in [-0.3, -0.25) is 24.1 Å². The van der Waals surface area contributed by atoms with Gasteiger partial charge in [-0.05, 0) is 113 Å². The molecule has 2 aliphatic carbocycles. The number of aromatic nitrogens is 2. The number of allylic oxidation sites excluding steroid dienone is 1. The Hall–Kier alpha value is -4.72. The lowest BCUT2D eigenvalue weighted by Crippen LogP contribution is -2.57. The largest absolute Gasteiger partial charge is 0.497 e. The molecule has 0 bridgehead atoms. The molecule has 0 unspecified atom stereocenters. The van der Waals surface area contributed by atoms with E-state index in [1.807, 2.05) is 62.4 Å². The molecular formula is C42H53N5O8S. The van der Waals surface area contributed by atoms with Crippen LogP contribution in [0.5, 0.6) is 17.4 Å². The van der Waals surface area contributed by atoms with Crippen LogP contribution in [0.4, 0.5) is 0 Å². The molecule has 300 valence electrons.